The van der Waals surface area contributed by atoms with Crippen molar-refractivity contribution in [1.29, 1.82) is 0 Å². The van der Waals surface area contributed by atoms with Crippen LogP contribution in [0.25, 0.3) is 0 Å². The fraction of sp³-hybridized carbons (Fsp3) is 0.462. The maximum atomic E-state index is 11.6. The Balaban J connectivity index is 2.85. The average Bonchev–Trinajstić information content (AvgIpc) is 2.39. The number of esters is 1. The van der Waals surface area contributed by atoms with Crippen LogP contribution in [-0.4, -0.2) is 19.3 Å². The number of benzene rings is 1. The second-order valence-corrected chi connectivity index (χ2v) is 4.72. The van der Waals surface area contributed by atoms with Gasteiger partial charge in [0.15, 0.2) is 0 Å². The third kappa shape index (κ3) is 3.48. The molecule has 0 bridgehead atoms. The maximum Gasteiger partial charge on any atom is 0.310 e. The van der Waals surface area contributed by atoms with Crippen LogP contribution in [0, 0.1) is 5.92 Å². The number of carbonyl (C=O) groups is 1. The lowest BCUT2D eigenvalue weighted by Crippen LogP contribution is -2.28. The van der Waals surface area contributed by atoms with Crippen LogP contribution in [0.2, 0.25) is 0 Å². The van der Waals surface area contributed by atoms with Crippen LogP contribution in [-0.2, 0) is 9.53 Å². The minimum atomic E-state index is -0.302. The Bertz CT molecular complexity index is 364. The van der Waals surface area contributed by atoms with Gasteiger partial charge < -0.3 is 10.5 Å². The molecule has 1 aromatic carbocycles. The first-order valence-electron chi connectivity index (χ1n) is 5.61. The van der Waals surface area contributed by atoms with Crippen molar-refractivity contribution < 1.29 is 9.53 Å². The summed E-state index contributed by atoms with van der Waals surface area (Å²) in [5.74, 6) is -0.519. The van der Waals surface area contributed by atoms with E-state index in [1.807, 2.05) is 37.4 Å². The van der Waals surface area contributed by atoms with Crippen molar-refractivity contribution in [2.45, 2.75) is 24.3 Å². The van der Waals surface area contributed by atoms with Gasteiger partial charge in [-0.05, 0) is 30.4 Å². The van der Waals surface area contributed by atoms with Crippen LogP contribution in [0.15, 0.2) is 29.2 Å². The van der Waals surface area contributed by atoms with E-state index in [0.717, 1.165) is 5.56 Å². The van der Waals surface area contributed by atoms with Gasteiger partial charge in [0.2, 0.25) is 0 Å². The van der Waals surface area contributed by atoms with Gasteiger partial charge in [-0.25, -0.2) is 0 Å². The Kier molecular flexibility index (Phi) is 5.51. The van der Waals surface area contributed by atoms with Crippen molar-refractivity contribution in [3.05, 3.63) is 29.8 Å². The van der Waals surface area contributed by atoms with E-state index in [9.17, 15) is 4.79 Å². The van der Waals surface area contributed by atoms with Gasteiger partial charge in [0.05, 0.1) is 13.0 Å². The molecule has 0 aliphatic rings. The highest BCUT2D eigenvalue weighted by atomic mass is 32.2. The summed E-state index contributed by atoms with van der Waals surface area (Å²) in [7, 11) is 1.40. The number of ether oxygens (including phenoxy) is 1. The van der Waals surface area contributed by atoms with Gasteiger partial charge in [-0.2, -0.15) is 0 Å². The molecule has 0 aliphatic heterocycles. The van der Waals surface area contributed by atoms with Gasteiger partial charge in [-0.3, -0.25) is 4.79 Å². The summed E-state index contributed by atoms with van der Waals surface area (Å²) < 4.78 is 4.77. The molecule has 1 aromatic rings. The summed E-state index contributed by atoms with van der Waals surface area (Å²) in [6.45, 7) is 1.94. The first-order chi connectivity index (χ1) is 8.13. The maximum absolute atomic E-state index is 11.6. The predicted molar refractivity (Wildman–Crippen MR) is 70.9 cm³/mol. The SMILES string of the molecule is CCC(C(=O)OC)C(N)c1ccc(SC)cc1. The highest BCUT2D eigenvalue weighted by molar-refractivity contribution is 7.98. The molecule has 2 atom stereocenters. The summed E-state index contributed by atoms with van der Waals surface area (Å²) in [5, 5.41) is 0. The normalized spacial score (nSPS) is 14.1. The molecule has 3 nitrogen and oxygen atoms in total. The van der Waals surface area contributed by atoms with Crippen molar-refractivity contribution in [3.63, 3.8) is 0 Å². The summed E-state index contributed by atoms with van der Waals surface area (Å²) in [6, 6.07) is 7.68. The number of thioether (sulfide) groups is 1. The number of rotatable bonds is 5. The summed E-state index contributed by atoms with van der Waals surface area (Å²) in [4.78, 5) is 12.8. The molecule has 0 spiro atoms. The topological polar surface area (TPSA) is 52.3 Å². The van der Waals surface area contributed by atoms with E-state index in [0.29, 0.717) is 6.42 Å². The van der Waals surface area contributed by atoms with Crippen LogP contribution in [0.4, 0.5) is 0 Å². The second-order valence-electron chi connectivity index (χ2n) is 3.84. The van der Waals surface area contributed by atoms with Crippen LogP contribution in [0.1, 0.15) is 24.9 Å². The van der Waals surface area contributed by atoms with Crippen molar-refractivity contribution in [2.24, 2.45) is 11.7 Å². The average molecular weight is 253 g/mol. The van der Waals surface area contributed by atoms with E-state index in [1.165, 1.54) is 12.0 Å². The lowest BCUT2D eigenvalue weighted by Gasteiger charge is -2.20. The molecule has 0 aromatic heterocycles. The molecule has 2 N–H and O–H groups in total. The second kappa shape index (κ2) is 6.67. The van der Waals surface area contributed by atoms with E-state index in [2.05, 4.69) is 0 Å². The Morgan fingerprint density at radius 2 is 2.00 bits per heavy atom. The minimum absolute atomic E-state index is 0.242. The molecule has 0 saturated heterocycles. The molecule has 94 valence electrons. The van der Waals surface area contributed by atoms with Gasteiger partial charge >= 0.3 is 5.97 Å². The molecule has 0 saturated carbocycles. The molecular formula is C13H19NO2S. The number of hydrogen-bond donors (Lipinski definition) is 1. The van der Waals surface area contributed by atoms with E-state index in [4.69, 9.17) is 10.5 Å². The summed E-state index contributed by atoms with van der Waals surface area (Å²) in [6.07, 6.45) is 2.70. The zero-order valence-electron chi connectivity index (χ0n) is 10.5. The minimum Gasteiger partial charge on any atom is -0.469 e. The van der Waals surface area contributed by atoms with E-state index >= 15 is 0 Å². The number of carbonyl (C=O) groups excluding carboxylic acids is 1. The van der Waals surface area contributed by atoms with Gasteiger partial charge in [0.1, 0.15) is 0 Å². The quantitative estimate of drug-likeness (QED) is 0.647. The van der Waals surface area contributed by atoms with E-state index in [-0.39, 0.29) is 17.9 Å². The fourth-order valence-electron chi connectivity index (χ4n) is 1.78. The van der Waals surface area contributed by atoms with E-state index in [1.54, 1.807) is 11.8 Å². The Labute approximate surface area is 107 Å². The highest BCUT2D eigenvalue weighted by Gasteiger charge is 2.25. The lowest BCUT2D eigenvalue weighted by atomic mass is 9.92. The summed E-state index contributed by atoms with van der Waals surface area (Å²) >= 11 is 1.68. The monoisotopic (exact) mass is 253 g/mol. The van der Waals surface area contributed by atoms with Crippen molar-refractivity contribution in [1.82, 2.24) is 0 Å². The lowest BCUT2D eigenvalue weighted by molar-refractivity contribution is -0.146. The van der Waals surface area contributed by atoms with Crippen molar-refractivity contribution in [3.8, 4) is 0 Å². The van der Waals surface area contributed by atoms with E-state index < -0.39 is 0 Å². The molecular weight excluding hydrogens is 234 g/mol. The zero-order chi connectivity index (χ0) is 12.8. The molecule has 17 heavy (non-hydrogen) atoms. The fourth-order valence-corrected chi connectivity index (χ4v) is 2.19. The molecule has 4 heteroatoms. The van der Waals surface area contributed by atoms with Gasteiger partial charge in [-0.15, -0.1) is 11.8 Å². The Hall–Kier alpha value is -1.00. The Morgan fingerprint density at radius 1 is 1.41 bits per heavy atom. The first kappa shape index (κ1) is 14.1. The summed E-state index contributed by atoms with van der Waals surface area (Å²) in [5.41, 5.74) is 7.08. The largest absolute Gasteiger partial charge is 0.469 e. The standard InChI is InChI=1S/C13H19NO2S/c1-4-11(13(15)16-2)12(14)9-5-7-10(17-3)8-6-9/h5-8,11-12H,4,14H2,1-3H3. The Morgan fingerprint density at radius 3 is 2.41 bits per heavy atom. The third-order valence-electron chi connectivity index (χ3n) is 2.88. The van der Waals surface area contributed by atoms with Crippen LogP contribution in [0.5, 0.6) is 0 Å². The molecule has 0 heterocycles. The molecule has 0 amide bonds. The van der Waals surface area contributed by atoms with Crippen LogP contribution >= 0.6 is 11.8 Å². The van der Waals surface area contributed by atoms with Crippen LogP contribution < -0.4 is 5.73 Å². The molecule has 0 aliphatic carbocycles. The molecule has 2 unspecified atom stereocenters. The molecule has 0 fully saturated rings. The van der Waals surface area contributed by atoms with Gasteiger partial charge in [0.25, 0.3) is 0 Å². The number of hydrogen-bond acceptors (Lipinski definition) is 4. The highest BCUT2D eigenvalue weighted by Crippen LogP contribution is 2.25. The molecule has 0 radical (unpaired) electrons. The van der Waals surface area contributed by atoms with Crippen LogP contribution in [0.3, 0.4) is 0 Å². The molecule has 1 rings (SSSR count). The number of nitrogens with two attached hydrogens (primary N) is 1. The zero-order valence-corrected chi connectivity index (χ0v) is 11.3. The first-order valence-corrected chi connectivity index (χ1v) is 6.83. The predicted octanol–water partition coefficient (Wildman–Crippen LogP) is 2.61. The number of methoxy groups -OCH3 is 1. The van der Waals surface area contributed by atoms with Crippen molar-refractivity contribution in [2.75, 3.05) is 13.4 Å². The smallest absolute Gasteiger partial charge is 0.310 e. The van der Waals surface area contributed by atoms with Gasteiger partial charge in [-0.1, -0.05) is 19.1 Å². The van der Waals surface area contributed by atoms with Crippen molar-refractivity contribution >= 4 is 17.7 Å². The third-order valence-corrected chi connectivity index (χ3v) is 3.62. The van der Waals surface area contributed by atoms with Gasteiger partial charge in [0, 0.05) is 10.9 Å².